The summed E-state index contributed by atoms with van der Waals surface area (Å²) in [6, 6.07) is 17.2. The van der Waals surface area contributed by atoms with Crippen LogP contribution >= 0.6 is 11.3 Å². The van der Waals surface area contributed by atoms with Crippen LogP contribution in [0.2, 0.25) is 0 Å². The molecular weight excluding hydrogens is 432 g/mol. The quantitative estimate of drug-likeness (QED) is 0.398. The summed E-state index contributed by atoms with van der Waals surface area (Å²) in [5.74, 6) is -2.59. The molecule has 2 amide bonds. The molecule has 0 aliphatic heterocycles. The van der Waals surface area contributed by atoms with Crippen molar-refractivity contribution in [2.75, 3.05) is 10.6 Å². The van der Waals surface area contributed by atoms with Crippen LogP contribution in [0.4, 0.5) is 19.6 Å². The second-order valence-electron chi connectivity index (χ2n) is 6.97. The largest absolute Gasteiger partial charge is 0.322 e. The lowest BCUT2D eigenvalue weighted by atomic mass is 10.1. The van der Waals surface area contributed by atoms with Crippen LogP contribution in [0.1, 0.15) is 26.3 Å². The van der Waals surface area contributed by atoms with E-state index >= 15 is 0 Å². The van der Waals surface area contributed by atoms with Gasteiger partial charge in [-0.3, -0.25) is 14.9 Å². The Morgan fingerprint density at radius 1 is 0.844 bits per heavy atom. The number of carbonyl (C=O) groups is 2. The van der Waals surface area contributed by atoms with Gasteiger partial charge in [-0.2, -0.15) is 0 Å². The van der Waals surface area contributed by atoms with Crippen molar-refractivity contribution in [2.24, 2.45) is 0 Å². The van der Waals surface area contributed by atoms with Gasteiger partial charge in [-0.05, 0) is 55.0 Å². The third-order valence-corrected chi connectivity index (χ3v) is 5.48. The molecule has 32 heavy (non-hydrogen) atoms. The molecule has 1 aromatic heterocycles. The van der Waals surface area contributed by atoms with Gasteiger partial charge in [-0.25, -0.2) is 13.8 Å². The first-order chi connectivity index (χ1) is 15.4. The average Bonchev–Trinajstić information content (AvgIpc) is 3.26. The van der Waals surface area contributed by atoms with Gasteiger partial charge < -0.3 is 5.32 Å². The Morgan fingerprint density at radius 3 is 2.34 bits per heavy atom. The molecular formula is C24H17F2N3O2S. The monoisotopic (exact) mass is 449 g/mol. The number of hydrogen-bond donors (Lipinski definition) is 2. The van der Waals surface area contributed by atoms with Crippen molar-refractivity contribution in [2.45, 2.75) is 6.92 Å². The van der Waals surface area contributed by atoms with Gasteiger partial charge in [-0.15, -0.1) is 11.3 Å². The first-order valence-electron chi connectivity index (χ1n) is 9.60. The molecule has 0 spiro atoms. The number of aryl methyl sites for hydroxylation is 1. The van der Waals surface area contributed by atoms with Crippen LogP contribution in [-0.2, 0) is 0 Å². The van der Waals surface area contributed by atoms with Crippen LogP contribution < -0.4 is 10.6 Å². The number of benzene rings is 3. The molecule has 2 N–H and O–H groups in total. The standard InChI is InChI=1S/C24H17F2N3O2S/c1-14-7-8-17(12-20(14)27-22(30)15-5-3-2-4-6-15)23(31)29-24-28-21(13-32-24)16-9-10-18(25)19(26)11-16/h2-13H,1H3,(H,27,30)(H,28,29,31). The van der Waals surface area contributed by atoms with Gasteiger partial charge in [0.05, 0.1) is 5.69 Å². The van der Waals surface area contributed by atoms with Crippen LogP contribution in [-0.4, -0.2) is 16.8 Å². The zero-order valence-corrected chi connectivity index (χ0v) is 17.7. The minimum absolute atomic E-state index is 0.276. The second-order valence-corrected chi connectivity index (χ2v) is 7.83. The highest BCUT2D eigenvalue weighted by Crippen LogP contribution is 2.27. The van der Waals surface area contributed by atoms with Crippen molar-refractivity contribution in [1.29, 1.82) is 0 Å². The van der Waals surface area contributed by atoms with Crippen molar-refractivity contribution >= 4 is 34.0 Å². The SMILES string of the molecule is Cc1ccc(C(=O)Nc2nc(-c3ccc(F)c(F)c3)cs2)cc1NC(=O)c1ccccc1. The molecule has 4 aromatic rings. The maximum Gasteiger partial charge on any atom is 0.257 e. The highest BCUT2D eigenvalue weighted by molar-refractivity contribution is 7.14. The van der Waals surface area contributed by atoms with Crippen LogP contribution in [0, 0.1) is 18.6 Å². The Hall–Kier alpha value is -3.91. The summed E-state index contributed by atoms with van der Waals surface area (Å²) in [5, 5.41) is 7.47. The lowest BCUT2D eigenvalue weighted by molar-refractivity contribution is 0.101. The number of carbonyl (C=O) groups excluding carboxylic acids is 2. The number of nitrogens with one attached hydrogen (secondary N) is 2. The second kappa shape index (κ2) is 9.07. The maximum atomic E-state index is 13.5. The molecule has 160 valence electrons. The smallest absolute Gasteiger partial charge is 0.257 e. The molecule has 0 aliphatic carbocycles. The molecule has 0 saturated heterocycles. The van der Waals surface area contributed by atoms with E-state index in [1.165, 1.54) is 6.07 Å². The van der Waals surface area contributed by atoms with E-state index in [1.807, 2.05) is 13.0 Å². The number of amides is 2. The predicted octanol–water partition coefficient (Wildman–Crippen LogP) is 5.90. The normalized spacial score (nSPS) is 10.6. The third-order valence-electron chi connectivity index (χ3n) is 4.72. The number of rotatable bonds is 5. The molecule has 0 fully saturated rings. The number of hydrogen-bond acceptors (Lipinski definition) is 4. The van der Waals surface area contributed by atoms with Crippen LogP contribution in [0.15, 0.2) is 72.1 Å². The lowest BCUT2D eigenvalue weighted by Crippen LogP contribution is -2.15. The van der Waals surface area contributed by atoms with E-state index in [4.69, 9.17) is 0 Å². The molecule has 1 heterocycles. The molecule has 8 heteroatoms. The van der Waals surface area contributed by atoms with Crippen molar-refractivity contribution in [1.82, 2.24) is 4.98 Å². The number of thiazole rings is 1. The Balaban J connectivity index is 1.49. The minimum Gasteiger partial charge on any atom is -0.322 e. The summed E-state index contributed by atoms with van der Waals surface area (Å²) in [6.45, 7) is 1.83. The van der Waals surface area contributed by atoms with Crippen molar-refractivity contribution < 1.29 is 18.4 Å². The molecule has 0 aliphatic rings. The molecule has 0 radical (unpaired) electrons. The van der Waals surface area contributed by atoms with Gasteiger partial charge in [0.1, 0.15) is 0 Å². The first-order valence-corrected chi connectivity index (χ1v) is 10.5. The summed E-state index contributed by atoms with van der Waals surface area (Å²) in [5.41, 5.74) is 3.00. The molecule has 0 atom stereocenters. The highest BCUT2D eigenvalue weighted by Gasteiger charge is 2.14. The molecule has 0 saturated carbocycles. The zero-order valence-electron chi connectivity index (χ0n) is 16.9. The van der Waals surface area contributed by atoms with Gasteiger partial charge in [0, 0.05) is 27.8 Å². The van der Waals surface area contributed by atoms with E-state index in [0.717, 1.165) is 29.0 Å². The topological polar surface area (TPSA) is 71.1 Å². The summed E-state index contributed by atoms with van der Waals surface area (Å²) < 4.78 is 26.6. The maximum absolute atomic E-state index is 13.5. The highest BCUT2D eigenvalue weighted by atomic mass is 32.1. The van der Waals surface area contributed by atoms with E-state index in [9.17, 15) is 18.4 Å². The van der Waals surface area contributed by atoms with Crippen LogP contribution in [0.5, 0.6) is 0 Å². The molecule has 0 bridgehead atoms. The average molecular weight is 449 g/mol. The van der Waals surface area contributed by atoms with Gasteiger partial charge >= 0.3 is 0 Å². The van der Waals surface area contributed by atoms with Gasteiger partial charge in [0.25, 0.3) is 11.8 Å². The molecule has 3 aromatic carbocycles. The Labute approximate surface area is 186 Å². The molecule has 5 nitrogen and oxygen atoms in total. The van der Waals surface area contributed by atoms with E-state index in [1.54, 1.807) is 47.8 Å². The fraction of sp³-hybridized carbons (Fsp3) is 0.0417. The number of anilines is 2. The fourth-order valence-corrected chi connectivity index (χ4v) is 3.69. The summed E-state index contributed by atoms with van der Waals surface area (Å²) in [4.78, 5) is 29.4. The number of halogens is 2. The Kier molecular flexibility index (Phi) is 6.04. The zero-order chi connectivity index (χ0) is 22.7. The predicted molar refractivity (Wildman–Crippen MR) is 121 cm³/mol. The lowest BCUT2D eigenvalue weighted by Gasteiger charge is -2.10. The molecule has 0 unspecified atom stereocenters. The van der Waals surface area contributed by atoms with Gasteiger partial charge in [0.15, 0.2) is 16.8 Å². The number of aromatic nitrogens is 1. The third kappa shape index (κ3) is 4.70. The van der Waals surface area contributed by atoms with E-state index in [-0.39, 0.29) is 5.91 Å². The van der Waals surface area contributed by atoms with Gasteiger partial charge in [-0.1, -0.05) is 24.3 Å². The van der Waals surface area contributed by atoms with E-state index < -0.39 is 17.5 Å². The van der Waals surface area contributed by atoms with Crippen molar-refractivity contribution in [3.05, 3.63) is 100 Å². The van der Waals surface area contributed by atoms with Gasteiger partial charge in [0.2, 0.25) is 0 Å². The summed E-state index contributed by atoms with van der Waals surface area (Å²) in [7, 11) is 0. The van der Waals surface area contributed by atoms with E-state index in [2.05, 4.69) is 15.6 Å². The van der Waals surface area contributed by atoms with Crippen LogP contribution in [0.3, 0.4) is 0 Å². The Bertz CT molecular complexity index is 1310. The number of nitrogens with zero attached hydrogens (tertiary/aromatic N) is 1. The van der Waals surface area contributed by atoms with Crippen molar-refractivity contribution in [3.63, 3.8) is 0 Å². The molecule has 4 rings (SSSR count). The minimum atomic E-state index is -0.967. The van der Waals surface area contributed by atoms with E-state index in [0.29, 0.717) is 33.2 Å². The Morgan fingerprint density at radius 2 is 1.59 bits per heavy atom. The van der Waals surface area contributed by atoms with Crippen molar-refractivity contribution in [3.8, 4) is 11.3 Å². The summed E-state index contributed by atoms with van der Waals surface area (Å²) in [6.07, 6.45) is 0. The first kappa shape index (κ1) is 21.3. The summed E-state index contributed by atoms with van der Waals surface area (Å²) >= 11 is 1.16. The van der Waals surface area contributed by atoms with Crippen LogP contribution in [0.25, 0.3) is 11.3 Å². The fourth-order valence-electron chi connectivity index (χ4n) is 2.97.